The average molecular weight is 367 g/mol. The number of halogens is 1. The van der Waals surface area contributed by atoms with Crippen LogP contribution in [-0.4, -0.2) is 60.1 Å². The maximum Gasteiger partial charge on any atom is 0.306 e. The van der Waals surface area contributed by atoms with Crippen molar-refractivity contribution in [3.8, 4) is 0 Å². The molecule has 2 saturated heterocycles. The summed E-state index contributed by atoms with van der Waals surface area (Å²) in [5.74, 6) is -2.17. The third-order valence-corrected chi connectivity index (χ3v) is 4.75. The zero-order valence-electron chi connectivity index (χ0n) is 13.6. The molecule has 2 fully saturated rings. The Kier molecular flexibility index (Phi) is 5.24. The lowest BCUT2D eigenvalue weighted by Crippen LogP contribution is -2.49. The molecule has 8 heteroatoms. The number of nitrogens with zero attached hydrogens (tertiary/aromatic N) is 2. The molecule has 3 rings (SSSR count). The zero-order chi connectivity index (χ0) is 18.0. The number of carboxylic acids is 1. The molecule has 1 aromatic carbocycles. The molecule has 2 atom stereocenters. The van der Waals surface area contributed by atoms with Gasteiger partial charge in [-0.1, -0.05) is 11.6 Å². The first-order valence-electron chi connectivity index (χ1n) is 8.15. The minimum atomic E-state index is -0.967. The molecule has 0 aliphatic carbocycles. The molecule has 2 amide bonds. The molecule has 2 heterocycles. The highest BCUT2D eigenvalue weighted by atomic mass is 35.5. The van der Waals surface area contributed by atoms with Crippen LogP contribution in [-0.2, 0) is 19.1 Å². The molecule has 0 bridgehead atoms. The van der Waals surface area contributed by atoms with E-state index in [4.69, 9.17) is 21.4 Å². The number of hydrogen-bond acceptors (Lipinski definition) is 4. The second-order valence-electron chi connectivity index (χ2n) is 6.18. The van der Waals surface area contributed by atoms with Crippen molar-refractivity contribution in [2.24, 2.45) is 5.92 Å². The molecule has 0 spiro atoms. The predicted octanol–water partition coefficient (Wildman–Crippen LogP) is 1.40. The monoisotopic (exact) mass is 366 g/mol. The van der Waals surface area contributed by atoms with Gasteiger partial charge >= 0.3 is 5.97 Å². The molecular formula is C17H19ClN2O5. The lowest BCUT2D eigenvalue weighted by atomic mass is 10.1. The van der Waals surface area contributed by atoms with Gasteiger partial charge in [0.1, 0.15) is 5.92 Å². The van der Waals surface area contributed by atoms with Crippen LogP contribution >= 0.6 is 11.6 Å². The lowest BCUT2D eigenvalue weighted by Gasteiger charge is -2.33. The van der Waals surface area contributed by atoms with Crippen molar-refractivity contribution in [2.75, 3.05) is 31.1 Å². The number of rotatable bonds is 4. The second kappa shape index (κ2) is 7.41. The van der Waals surface area contributed by atoms with Gasteiger partial charge < -0.3 is 19.6 Å². The van der Waals surface area contributed by atoms with Crippen LogP contribution in [0, 0.1) is 5.92 Å². The molecule has 25 heavy (non-hydrogen) atoms. The van der Waals surface area contributed by atoms with E-state index < -0.39 is 18.0 Å². The smallest absolute Gasteiger partial charge is 0.306 e. The molecule has 7 nitrogen and oxygen atoms in total. The molecule has 0 saturated carbocycles. The number of carbonyl (C=O) groups is 3. The van der Waals surface area contributed by atoms with Crippen LogP contribution < -0.4 is 4.90 Å². The van der Waals surface area contributed by atoms with Crippen molar-refractivity contribution in [3.05, 3.63) is 29.3 Å². The highest BCUT2D eigenvalue weighted by molar-refractivity contribution is 6.30. The summed E-state index contributed by atoms with van der Waals surface area (Å²) in [5, 5.41) is 9.45. The Morgan fingerprint density at radius 2 is 1.96 bits per heavy atom. The second-order valence-corrected chi connectivity index (χ2v) is 6.62. The third kappa shape index (κ3) is 3.93. The fourth-order valence-electron chi connectivity index (χ4n) is 3.24. The van der Waals surface area contributed by atoms with Crippen LogP contribution in [0.4, 0.5) is 5.69 Å². The van der Waals surface area contributed by atoms with Crippen molar-refractivity contribution in [1.82, 2.24) is 4.90 Å². The fraction of sp³-hybridized carbons (Fsp3) is 0.471. The number of benzene rings is 1. The molecule has 0 unspecified atom stereocenters. The van der Waals surface area contributed by atoms with E-state index in [0.717, 1.165) is 5.69 Å². The van der Waals surface area contributed by atoms with E-state index in [-0.39, 0.29) is 31.4 Å². The van der Waals surface area contributed by atoms with Gasteiger partial charge in [0.15, 0.2) is 0 Å². The van der Waals surface area contributed by atoms with E-state index in [9.17, 15) is 14.4 Å². The van der Waals surface area contributed by atoms with Crippen molar-refractivity contribution in [3.63, 3.8) is 0 Å². The summed E-state index contributed by atoms with van der Waals surface area (Å²) in [6, 6.07) is 6.92. The number of amides is 2. The summed E-state index contributed by atoms with van der Waals surface area (Å²) in [5.41, 5.74) is 0.718. The van der Waals surface area contributed by atoms with Gasteiger partial charge in [-0.15, -0.1) is 0 Å². The Balaban J connectivity index is 1.65. The maximum absolute atomic E-state index is 12.7. The Morgan fingerprint density at radius 3 is 2.64 bits per heavy atom. The molecule has 1 aromatic rings. The number of anilines is 1. The van der Waals surface area contributed by atoms with Gasteiger partial charge in [-0.2, -0.15) is 0 Å². The van der Waals surface area contributed by atoms with Crippen molar-refractivity contribution in [1.29, 1.82) is 0 Å². The van der Waals surface area contributed by atoms with Crippen molar-refractivity contribution in [2.45, 2.75) is 18.9 Å². The van der Waals surface area contributed by atoms with Crippen molar-refractivity contribution >= 4 is 35.1 Å². The number of hydrogen-bond donors (Lipinski definition) is 1. The van der Waals surface area contributed by atoms with Crippen LogP contribution in [0.2, 0.25) is 5.02 Å². The molecule has 0 radical (unpaired) electrons. The largest absolute Gasteiger partial charge is 0.481 e. The number of carbonyl (C=O) groups excluding carboxylic acids is 2. The van der Waals surface area contributed by atoms with E-state index in [1.165, 1.54) is 0 Å². The van der Waals surface area contributed by atoms with E-state index in [2.05, 4.69) is 0 Å². The molecule has 0 aromatic heterocycles. The molecule has 1 N–H and O–H groups in total. The van der Waals surface area contributed by atoms with Crippen LogP contribution in [0.3, 0.4) is 0 Å². The summed E-state index contributed by atoms with van der Waals surface area (Å²) in [6.45, 7) is 1.33. The minimum absolute atomic E-state index is 0.153. The van der Waals surface area contributed by atoms with Crippen molar-refractivity contribution < 1.29 is 24.2 Å². The molecule has 2 aliphatic heterocycles. The third-order valence-electron chi connectivity index (χ3n) is 4.49. The number of morpholine rings is 1. The van der Waals surface area contributed by atoms with Crippen LogP contribution in [0.5, 0.6) is 0 Å². The number of aliphatic carboxylic acids is 1. The Bertz CT molecular complexity index is 678. The standard InChI is InChI=1S/C17H19ClN2O5/c18-11-1-3-12(4-2-11)20-6-5-14(17(20)24)16(23)19-7-8-25-13(10-19)9-15(21)22/h1-4,13-14H,5-10H2,(H,21,22)/t13-,14+/m0/s1. The first-order chi connectivity index (χ1) is 12.0. The Labute approximate surface area is 150 Å². The Hall–Kier alpha value is -2.12. The number of carboxylic acid groups (broad SMARTS) is 1. The minimum Gasteiger partial charge on any atom is -0.481 e. The van der Waals surface area contributed by atoms with Gasteiger partial charge in [-0.3, -0.25) is 14.4 Å². The SMILES string of the molecule is O=C(O)C[C@H]1CN(C(=O)[C@H]2CCN(c3ccc(Cl)cc3)C2=O)CCO1. The van der Waals surface area contributed by atoms with Gasteiger partial charge in [0.05, 0.1) is 19.1 Å². The first-order valence-corrected chi connectivity index (χ1v) is 8.52. The summed E-state index contributed by atoms with van der Waals surface area (Å²) in [4.78, 5) is 39.3. The first kappa shape index (κ1) is 17.7. The molecule has 134 valence electrons. The van der Waals surface area contributed by atoms with E-state index in [1.807, 2.05) is 0 Å². The van der Waals surface area contributed by atoms with Gasteiger partial charge in [-0.05, 0) is 30.7 Å². The quantitative estimate of drug-likeness (QED) is 0.814. The summed E-state index contributed by atoms with van der Waals surface area (Å²) >= 11 is 5.87. The van der Waals surface area contributed by atoms with Gasteiger partial charge in [-0.25, -0.2) is 0 Å². The fourth-order valence-corrected chi connectivity index (χ4v) is 3.37. The van der Waals surface area contributed by atoms with Gasteiger partial charge in [0, 0.05) is 30.3 Å². The Morgan fingerprint density at radius 1 is 1.24 bits per heavy atom. The van der Waals surface area contributed by atoms with Crippen LogP contribution in [0.25, 0.3) is 0 Å². The summed E-state index contributed by atoms with van der Waals surface area (Å²) < 4.78 is 5.38. The van der Waals surface area contributed by atoms with Gasteiger partial charge in [0.2, 0.25) is 11.8 Å². The van der Waals surface area contributed by atoms with Crippen LogP contribution in [0.15, 0.2) is 24.3 Å². The maximum atomic E-state index is 12.7. The summed E-state index contributed by atoms with van der Waals surface area (Å²) in [7, 11) is 0. The van der Waals surface area contributed by atoms with E-state index in [1.54, 1.807) is 34.1 Å². The molecular weight excluding hydrogens is 348 g/mol. The van der Waals surface area contributed by atoms with Gasteiger partial charge in [0.25, 0.3) is 0 Å². The van der Waals surface area contributed by atoms with E-state index in [0.29, 0.717) is 24.5 Å². The predicted molar refractivity (Wildman–Crippen MR) is 90.5 cm³/mol. The summed E-state index contributed by atoms with van der Waals surface area (Å²) in [6.07, 6.45) is -0.236. The normalized spacial score (nSPS) is 23.8. The number of ether oxygens (including phenoxy) is 1. The topological polar surface area (TPSA) is 87.2 Å². The lowest BCUT2D eigenvalue weighted by molar-refractivity contribution is -0.151. The molecule has 2 aliphatic rings. The van der Waals surface area contributed by atoms with Crippen LogP contribution in [0.1, 0.15) is 12.8 Å². The zero-order valence-corrected chi connectivity index (χ0v) is 14.3. The highest BCUT2D eigenvalue weighted by Crippen LogP contribution is 2.28. The average Bonchev–Trinajstić information content (AvgIpc) is 2.96. The van der Waals surface area contributed by atoms with E-state index >= 15 is 0 Å². The highest BCUT2D eigenvalue weighted by Gasteiger charge is 2.40.